The summed E-state index contributed by atoms with van der Waals surface area (Å²) in [5.74, 6) is -2.37. The zero-order chi connectivity index (χ0) is 22.8. The Morgan fingerprint density at radius 2 is 2.12 bits per heavy atom. The molecule has 0 radical (unpaired) electrons. The zero-order valence-corrected chi connectivity index (χ0v) is 18.0. The topological polar surface area (TPSA) is 104 Å². The highest BCUT2D eigenvalue weighted by atomic mass is 35.5. The van der Waals surface area contributed by atoms with Crippen LogP contribution in [0.25, 0.3) is 6.08 Å². The van der Waals surface area contributed by atoms with E-state index < -0.39 is 17.7 Å². The van der Waals surface area contributed by atoms with Crippen LogP contribution in [0.1, 0.15) is 22.8 Å². The van der Waals surface area contributed by atoms with Gasteiger partial charge in [-0.05, 0) is 54.6 Å². The average molecular weight is 473 g/mol. The van der Waals surface area contributed by atoms with Gasteiger partial charge in [-0.1, -0.05) is 23.7 Å². The molecule has 1 amide bonds. The number of benzene rings is 2. The Kier molecular flexibility index (Phi) is 6.06. The third-order valence-corrected chi connectivity index (χ3v) is 5.28. The predicted molar refractivity (Wildman–Crippen MR) is 120 cm³/mol. The molecule has 162 valence electrons. The molecule has 0 unspecified atom stereocenters. The first-order valence-electron chi connectivity index (χ1n) is 9.25. The lowest BCUT2D eigenvalue weighted by atomic mass is 10.1. The largest absolute Gasteiger partial charge is 0.490 e. The molecule has 0 fully saturated rings. The van der Waals surface area contributed by atoms with Crippen LogP contribution >= 0.6 is 23.4 Å². The average Bonchev–Trinajstić information content (AvgIpc) is 3.22. The normalized spacial score (nSPS) is 16.3. The molecule has 2 heterocycles. The van der Waals surface area contributed by atoms with Crippen molar-refractivity contribution in [2.45, 2.75) is 6.92 Å². The number of amidine groups is 2. The number of halogens is 2. The summed E-state index contributed by atoms with van der Waals surface area (Å²) in [5.41, 5.74) is 1.64. The Balaban J connectivity index is 1.69. The molecule has 2 aliphatic heterocycles. The van der Waals surface area contributed by atoms with Crippen molar-refractivity contribution in [2.75, 3.05) is 6.61 Å². The summed E-state index contributed by atoms with van der Waals surface area (Å²) in [6.45, 7) is 1.95. The Bertz CT molecular complexity index is 1240. The number of ether oxygens (including phenoxy) is 2. The van der Waals surface area contributed by atoms with Crippen LogP contribution in [0, 0.1) is 11.2 Å². The van der Waals surface area contributed by atoms with Crippen molar-refractivity contribution in [3.63, 3.8) is 0 Å². The van der Waals surface area contributed by atoms with Gasteiger partial charge in [-0.25, -0.2) is 9.18 Å². The first-order chi connectivity index (χ1) is 15.4. The van der Waals surface area contributed by atoms with Gasteiger partial charge in [0.05, 0.1) is 28.3 Å². The van der Waals surface area contributed by atoms with E-state index in [2.05, 4.69) is 10.1 Å². The van der Waals surface area contributed by atoms with Crippen molar-refractivity contribution in [2.24, 2.45) is 10.1 Å². The third-order valence-electron chi connectivity index (χ3n) is 4.33. The van der Waals surface area contributed by atoms with Crippen LogP contribution in [0.3, 0.4) is 0 Å². The molecule has 0 spiro atoms. The van der Waals surface area contributed by atoms with E-state index in [0.29, 0.717) is 10.7 Å². The molecular weight excluding hydrogens is 459 g/mol. The second-order valence-corrected chi connectivity index (χ2v) is 7.61. The summed E-state index contributed by atoms with van der Waals surface area (Å²) in [6, 6.07) is 8.32. The van der Waals surface area contributed by atoms with Gasteiger partial charge in [0.15, 0.2) is 22.5 Å². The van der Waals surface area contributed by atoms with Gasteiger partial charge in [0, 0.05) is 0 Å². The SMILES string of the molecule is CCOc1cc(/C=C2/C(=N)N3N=CSC3=NC2=O)cc(Cl)c1OC(=O)c1ccccc1F. The van der Waals surface area contributed by atoms with Gasteiger partial charge in [-0.3, -0.25) is 10.2 Å². The number of rotatable bonds is 5. The van der Waals surface area contributed by atoms with E-state index in [1.165, 1.54) is 47.0 Å². The minimum atomic E-state index is -0.937. The van der Waals surface area contributed by atoms with Gasteiger partial charge in [0.2, 0.25) is 0 Å². The van der Waals surface area contributed by atoms with Crippen LogP contribution in [0.4, 0.5) is 4.39 Å². The van der Waals surface area contributed by atoms with Crippen LogP contribution in [-0.2, 0) is 4.79 Å². The number of aliphatic imine (C=N–C) groups is 1. The van der Waals surface area contributed by atoms with Crippen molar-refractivity contribution in [1.82, 2.24) is 5.01 Å². The molecule has 2 aromatic rings. The van der Waals surface area contributed by atoms with E-state index in [1.807, 2.05) is 0 Å². The maximum atomic E-state index is 13.9. The fourth-order valence-electron chi connectivity index (χ4n) is 2.91. The number of carbonyl (C=O) groups is 2. The van der Waals surface area contributed by atoms with Crippen molar-refractivity contribution >= 4 is 57.9 Å². The lowest BCUT2D eigenvalue weighted by molar-refractivity contribution is -0.114. The number of hydrogen-bond acceptors (Lipinski definition) is 7. The summed E-state index contributed by atoms with van der Waals surface area (Å²) in [7, 11) is 0. The Hall–Kier alpha value is -3.50. The monoisotopic (exact) mass is 472 g/mol. The molecule has 0 saturated heterocycles. The zero-order valence-electron chi connectivity index (χ0n) is 16.5. The lowest BCUT2D eigenvalue weighted by Crippen LogP contribution is -2.35. The minimum Gasteiger partial charge on any atom is -0.490 e. The van der Waals surface area contributed by atoms with Crippen LogP contribution < -0.4 is 9.47 Å². The van der Waals surface area contributed by atoms with E-state index in [-0.39, 0.29) is 40.1 Å². The first-order valence-corrected chi connectivity index (χ1v) is 10.5. The third kappa shape index (κ3) is 4.14. The second-order valence-electron chi connectivity index (χ2n) is 6.39. The molecule has 1 N–H and O–H groups in total. The highest BCUT2D eigenvalue weighted by molar-refractivity contribution is 8.25. The van der Waals surface area contributed by atoms with Crippen molar-refractivity contribution in [1.29, 1.82) is 5.41 Å². The molecule has 4 rings (SSSR count). The molecular formula is C21H14ClFN4O4S. The number of amides is 1. The fourth-order valence-corrected chi connectivity index (χ4v) is 3.78. The number of nitrogens with one attached hydrogen (secondary N) is 1. The van der Waals surface area contributed by atoms with Gasteiger partial charge in [-0.2, -0.15) is 15.1 Å². The van der Waals surface area contributed by atoms with Crippen LogP contribution in [-0.4, -0.2) is 40.0 Å². The van der Waals surface area contributed by atoms with Gasteiger partial charge in [-0.15, -0.1) is 0 Å². The van der Waals surface area contributed by atoms with E-state index in [0.717, 1.165) is 17.8 Å². The number of fused-ring (bicyclic) bond motifs is 1. The Morgan fingerprint density at radius 1 is 1.34 bits per heavy atom. The number of thioether (sulfide) groups is 1. The summed E-state index contributed by atoms with van der Waals surface area (Å²) >= 11 is 7.48. The molecule has 0 aliphatic carbocycles. The molecule has 0 bridgehead atoms. The highest BCUT2D eigenvalue weighted by Gasteiger charge is 2.32. The van der Waals surface area contributed by atoms with E-state index in [1.54, 1.807) is 6.92 Å². The predicted octanol–water partition coefficient (Wildman–Crippen LogP) is 4.35. The molecule has 2 aromatic carbocycles. The van der Waals surface area contributed by atoms with Gasteiger partial charge in [0.1, 0.15) is 5.82 Å². The van der Waals surface area contributed by atoms with Crippen LogP contribution in [0.2, 0.25) is 5.02 Å². The summed E-state index contributed by atoms with van der Waals surface area (Å²) in [5, 5.41) is 13.8. The number of carbonyl (C=O) groups excluding carboxylic acids is 2. The molecule has 32 heavy (non-hydrogen) atoms. The molecule has 0 saturated carbocycles. The quantitative estimate of drug-likeness (QED) is 0.394. The van der Waals surface area contributed by atoms with E-state index in [4.69, 9.17) is 26.5 Å². The minimum absolute atomic E-state index is 0.00113. The van der Waals surface area contributed by atoms with Gasteiger partial charge in [0.25, 0.3) is 5.91 Å². The maximum absolute atomic E-state index is 13.9. The molecule has 11 heteroatoms. The summed E-state index contributed by atoms with van der Waals surface area (Å²) in [6.07, 6.45) is 1.42. The van der Waals surface area contributed by atoms with Crippen molar-refractivity contribution in [3.05, 3.63) is 63.9 Å². The number of hydrogen-bond donors (Lipinski definition) is 1. The molecule has 0 atom stereocenters. The number of nitrogens with zero attached hydrogens (tertiary/aromatic N) is 3. The Morgan fingerprint density at radius 3 is 2.88 bits per heavy atom. The molecule has 2 aliphatic rings. The van der Waals surface area contributed by atoms with E-state index >= 15 is 0 Å². The first kappa shape index (κ1) is 21.7. The smallest absolute Gasteiger partial charge is 0.346 e. The molecule has 0 aromatic heterocycles. The maximum Gasteiger partial charge on any atom is 0.346 e. The standard InChI is InChI=1S/C21H14ClFN4O4S/c1-2-30-16-9-11(7-13-18(24)27-21(26-19(13)28)32-10-25-27)8-14(22)17(16)31-20(29)12-5-3-4-6-15(12)23/h3-10,24H,2H2,1H3/b13-7-,24-18?. The van der Waals surface area contributed by atoms with E-state index in [9.17, 15) is 14.0 Å². The van der Waals surface area contributed by atoms with Crippen molar-refractivity contribution in [3.8, 4) is 11.5 Å². The number of esters is 1. The number of hydrazone groups is 1. The summed E-state index contributed by atoms with van der Waals surface area (Å²) < 4.78 is 24.8. The van der Waals surface area contributed by atoms with Crippen molar-refractivity contribution < 1.29 is 23.5 Å². The highest BCUT2D eigenvalue weighted by Crippen LogP contribution is 2.38. The van der Waals surface area contributed by atoms with Crippen LogP contribution in [0.5, 0.6) is 11.5 Å². The van der Waals surface area contributed by atoms with Crippen LogP contribution in [0.15, 0.2) is 52.1 Å². The summed E-state index contributed by atoms with van der Waals surface area (Å²) in [4.78, 5) is 28.7. The lowest BCUT2D eigenvalue weighted by Gasteiger charge is -2.20. The fraction of sp³-hybridized carbons (Fsp3) is 0.0952. The van der Waals surface area contributed by atoms with Gasteiger partial charge < -0.3 is 9.47 Å². The molecule has 8 nitrogen and oxygen atoms in total. The van der Waals surface area contributed by atoms with Gasteiger partial charge >= 0.3 is 5.97 Å². The second kappa shape index (κ2) is 8.93. The Labute approximate surface area is 190 Å².